The van der Waals surface area contributed by atoms with Crippen LogP contribution in [0.25, 0.3) is 22.4 Å². The number of ether oxygens (including phenoxy) is 1. The van der Waals surface area contributed by atoms with Crippen molar-refractivity contribution in [1.82, 2.24) is 19.5 Å². The Balaban J connectivity index is 2.14. The Bertz CT molecular complexity index is 965. The summed E-state index contributed by atoms with van der Waals surface area (Å²) in [5, 5.41) is 9.41. The van der Waals surface area contributed by atoms with Crippen LogP contribution in [0.4, 0.5) is 0 Å². The molecule has 0 fully saturated rings. The van der Waals surface area contributed by atoms with Gasteiger partial charge in [0.15, 0.2) is 5.65 Å². The number of aliphatic hydroxyl groups excluding tert-OH is 1. The Morgan fingerprint density at radius 3 is 2.54 bits per heavy atom. The van der Waals surface area contributed by atoms with Gasteiger partial charge in [-0.2, -0.15) is 0 Å². The van der Waals surface area contributed by atoms with Crippen molar-refractivity contribution in [3.05, 3.63) is 35.3 Å². The molecule has 0 saturated carbocycles. The highest BCUT2D eigenvalue weighted by molar-refractivity contribution is 5.80. The molecule has 28 heavy (non-hydrogen) atoms. The van der Waals surface area contributed by atoms with E-state index in [1.807, 2.05) is 26.0 Å². The number of hydrogen-bond acceptors (Lipinski definition) is 5. The van der Waals surface area contributed by atoms with Crippen LogP contribution in [0.5, 0.6) is 5.88 Å². The first kappa shape index (κ1) is 20.3. The molecule has 0 amide bonds. The van der Waals surface area contributed by atoms with E-state index in [0.29, 0.717) is 18.9 Å². The number of aromatic nitrogens is 4. The Kier molecular flexibility index (Phi) is 6.29. The van der Waals surface area contributed by atoms with Crippen LogP contribution >= 0.6 is 0 Å². The minimum absolute atomic E-state index is 0.166. The lowest BCUT2D eigenvalue weighted by Gasteiger charge is -2.17. The predicted octanol–water partition coefficient (Wildman–Crippen LogP) is 4.40. The van der Waals surface area contributed by atoms with Crippen molar-refractivity contribution in [2.24, 2.45) is 0 Å². The zero-order valence-electron chi connectivity index (χ0n) is 17.5. The molecule has 0 aliphatic heterocycles. The second-order valence-corrected chi connectivity index (χ2v) is 7.05. The largest absolute Gasteiger partial charge is 0.478 e. The third-order valence-corrected chi connectivity index (χ3v) is 5.16. The molecule has 1 atom stereocenters. The summed E-state index contributed by atoms with van der Waals surface area (Å²) in [4.78, 5) is 14.6. The number of nitrogens with zero attached hydrogens (tertiary/aromatic N) is 4. The normalized spacial score (nSPS) is 12.5. The lowest BCUT2D eigenvalue weighted by molar-refractivity contribution is 0.256. The molecule has 0 aromatic carbocycles. The van der Waals surface area contributed by atoms with E-state index in [-0.39, 0.29) is 12.6 Å². The van der Waals surface area contributed by atoms with Gasteiger partial charge in [0.1, 0.15) is 5.52 Å². The molecule has 3 rings (SSSR count). The number of rotatable bonds is 8. The van der Waals surface area contributed by atoms with Crippen LogP contribution in [0.3, 0.4) is 0 Å². The van der Waals surface area contributed by atoms with Crippen molar-refractivity contribution in [1.29, 1.82) is 0 Å². The summed E-state index contributed by atoms with van der Waals surface area (Å²) >= 11 is 0. The summed E-state index contributed by atoms with van der Waals surface area (Å²) in [6.07, 6.45) is 4.55. The summed E-state index contributed by atoms with van der Waals surface area (Å²) in [6.45, 7) is 11.0. The SMILES string of the molecule is CCOc1ccc(-c2nc3c(C)cn([C@H](CC)CCO)c3nc2C)c(CC)n1. The third kappa shape index (κ3) is 3.74. The van der Waals surface area contributed by atoms with Crippen molar-refractivity contribution in [2.75, 3.05) is 13.2 Å². The molecular formula is C22H30N4O2. The van der Waals surface area contributed by atoms with E-state index in [4.69, 9.17) is 14.7 Å². The molecular weight excluding hydrogens is 352 g/mol. The number of aliphatic hydroxyl groups is 1. The number of pyridine rings is 1. The highest BCUT2D eigenvalue weighted by atomic mass is 16.5. The van der Waals surface area contributed by atoms with E-state index in [0.717, 1.165) is 52.2 Å². The first-order chi connectivity index (χ1) is 13.5. The molecule has 0 aliphatic rings. The molecule has 0 aliphatic carbocycles. The Hall–Kier alpha value is -2.47. The minimum atomic E-state index is 0.166. The highest BCUT2D eigenvalue weighted by Gasteiger charge is 2.19. The Morgan fingerprint density at radius 1 is 1.11 bits per heavy atom. The quantitative estimate of drug-likeness (QED) is 0.625. The van der Waals surface area contributed by atoms with Crippen LogP contribution in [0.15, 0.2) is 18.3 Å². The average molecular weight is 383 g/mol. The molecule has 6 nitrogen and oxygen atoms in total. The van der Waals surface area contributed by atoms with Crippen LogP contribution in [-0.4, -0.2) is 37.8 Å². The van der Waals surface area contributed by atoms with Gasteiger partial charge in [-0.3, -0.25) is 0 Å². The molecule has 150 valence electrons. The van der Waals surface area contributed by atoms with Gasteiger partial charge in [-0.1, -0.05) is 13.8 Å². The molecule has 0 unspecified atom stereocenters. The topological polar surface area (TPSA) is 73.1 Å². The third-order valence-electron chi connectivity index (χ3n) is 5.16. The average Bonchev–Trinajstić information content (AvgIpc) is 3.01. The molecule has 6 heteroatoms. The first-order valence-corrected chi connectivity index (χ1v) is 10.1. The van der Waals surface area contributed by atoms with E-state index < -0.39 is 0 Å². The maximum Gasteiger partial charge on any atom is 0.213 e. The maximum atomic E-state index is 9.41. The van der Waals surface area contributed by atoms with Crippen LogP contribution in [0, 0.1) is 13.8 Å². The van der Waals surface area contributed by atoms with Crippen LogP contribution in [0.2, 0.25) is 0 Å². The molecule has 3 aromatic rings. The molecule has 0 saturated heterocycles. The molecule has 0 radical (unpaired) electrons. The highest BCUT2D eigenvalue weighted by Crippen LogP contribution is 2.31. The molecule has 1 N–H and O–H groups in total. The van der Waals surface area contributed by atoms with Crippen molar-refractivity contribution in [3.63, 3.8) is 0 Å². The molecule has 0 spiro atoms. The summed E-state index contributed by atoms with van der Waals surface area (Å²) in [5.41, 5.74) is 6.61. The van der Waals surface area contributed by atoms with Crippen molar-refractivity contribution >= 4 is 11.2 Å². The van der Waals surface area contributed by atoms with Crippen molar-refractivity contribution in [2.45, 2.75) is 59.9 Å². The van der Waals surface area contributed by atoms with Gasteiger partial charge in [0, 0.05) is 30.5 Å². The van der Waals surface area contributed by atoms with E-state index >= 15 is 0 Å². The zero-order valence-corrected chi connectivity index (χ0v) is 17.5. The van der Waals surface area contributed by atoms with Crippen molar-refractivity contribution in [3.8, 4) is 17.1 Å². The van der Waals surface area contributed by atoms with Crippen LogP contribution in [0.1, 0.15) is 56.6 Å². The fourth-order valence-corrected chi connectivity index (χ4v) is 3.70. The van der Waals surface area contributed by atoms with Gasteiger partial charge < -0.3 is 14.4 Å². The van der Waals surface area contributed by atoms with Gasteiger partial charge in [0.2, 0.25) is 5.88 Å². The van der Waals surface area contributed by atoms with Crippen LogP contribution in [-0.2, 0) is 6.42 Å². The summed E-state index contributed by atoms with van der Waals surface area (Å²) < 4.78 is 7.72. The smallest absolute Gasteiger partial charge is 0.213 e. The predicted molar refractivity (Wildman–Crippen MR) is 112 cm³/mol. The fraction of sp³-hybridized carbons (Fsp3) is 0.500. The zero-order chi connectivity index (χ0) is 20.3. The maximum absolute atomic E-state index is 9.41. The van der Waals surface area contributed by atoms with E-state index in [1.165, 1.54) is 0 Å². The number of fused-ring (bicyclic) bond motifs is 1. The molecule has 3 heterocycles. The lowest BCUT2D eigenvalue weighted by atomic mass is 10.1. The van der Waals surface area contributed by atoms with E-state index in [9.17, 15) is 5.11 Å². The molecule has 0 bridgehead atoms. The van der Waals surface area contributed by atoms with Crippen molar-refractivity contribution < 1.29 is 9.84 Å². The second kappa shape index (κ2) is 8.69. The standard InChI is InChI=1S/C22H30N4O2/c1-6-16(11-12-27)26-13-14(4)20-22(26)23-15(5)21(25-20)17-9-10-19(28-8-3)24-18(17)7-2/h9-10,13,16,27H,6-8,11-12H2,1-5H3/t16-/m1/s1. The summed E-state index contributed by atoms with van der Waals surface area (Å²) in [7, 11) is 0. The first-order valence-electron chi connectivity index (χ1n) is 10.1. The fourth-order valence-electron chi connectivity index (χ4n) is 3.70. The van der Waals surface area contributed by atoms with Crippen LogP contribution < -0.4 is 4.74 Å². The van der Waals surface area contributed by atoms with E-state index in [1.54, 1.807) is 0 Å². The van der Waals surface area contributed by atoms with Gasteiger partial charge in [0.05, 0.1) is 23.7 Å². The Morgan fingerprint density at radius 2 is 1.89 bits per heavy atom. The van der Waals surface area contributed by atoms with Gasteiger partial charge in [-0.15, -0.1) is 0 Å². The molecule has 3 aromatic heterocycles. The Labute approximate surface area is 166 Å². The van der Waals surface area contributed by atoms with Gasteiger partial charge in [-0.25, -0.2) is 15.0 Å². The summed E-state index contributed by atoms with van der Waals surface area (Å²) in [6, 6.07) is 4.15. The number of hydrogen-bond donors (Lipinski definition) is 1. The lowest BCUT2D eigenvalue weighted by Crippen LogP contribution is -2.10. The monoisotopic (exact) mass is 382 g/mol. The second-order valence-electron chi connectivity index (χ2n) is 7.05. The summed E-state index contributed by atoms with van der Waals surface area (Å²) in [5.74, 6) is 0.645. The van der Waals surface area contributed by atoms with Gasteiger partial charge in [-0.05, 0) is 51.7 Å². The van der Waals surface area contributed by atoms with Gasteiger partial charge in [0.25, 0.3) is 0 Å². The number of aryl methyl sites for hydroxylation is 3. The minimum Gasteiger partial charge on any atom is -0.478 e. The van der Waals surface area contributed by atoms with Gasteiger partial charge >= 0.3 is 0 Å². The van der Waals surface area contributed by atoms with E-state index in [2.05, 4.69) is 36.5 Å².